The summed E-state index contributed by atoms with van der Waals surface area (Å²) in [7, 11) is 0. The predicted molar refractivity (Wildman–Crippen MR) is 58.4 cm³/mol. The quantitative estimate of drug-likeness (QED) is 0.591. The molecular formula is C11H11NO5. The second-order valence-corrected chi connectivity index (χ2v) is 3.31. The molecular weight excluding hydrogens is 226 g/mol. The molecule has 1 aromatic rings. The highest BCUT2D eigenvalue weighted by Crippen LogP contribution is 2.14. The number of nitrogens with one attached hydrogen (secondary N) is 1. The fourth-order valence-electron chi connectivity index (χ4n) is 1.11. The normalized spacial score (nSPS) is 9.47. The van der Waals surface area contributed by atoms with Crippen molar-refractivity contribution in [3.05, 3.63) is 29.8 Å². The van der Waals surface area contributed by atoms with Crippen molar-refractivity contribution in [3.63, 3.8) is 0 Å². The topological polar surface area (TPSA) is 92.7 Å². The number of carboxylic acids is 1. The van der Waals surface area contributed by atoms with Gasteiger partial charge in [-0.1, -0.05) is 12.1 Å². The minimum absolute atomic E-state index is 0.0249. The molecule has 0 atom stereocenters. The molecule has 0 aliphatic rings. The fourth-order valence-corrected chi connectivity index (χ4v) is 1.11. The second-order valence-electron chi connectivity index (χ2n) is 3.31. The van der Waals surface area contributed by atoms with E-state index < -0.39 is 11.9 Å². The van der Waals surface area contributed by atoms with Gasteiger partial charge in [-0.25, -0.2) is 15.1 Å². The zero-order valence-electron chi connectivity index (χ0n) is 9.10. The van der Waals surface area contributed by atoms with Crippen LogP contribution < -0.4 is 5.48 Å². The van der Waals surface area contributed by atoms with E-state index in [-0.39, 0.29) is 23.5 Å². The largest absolute Gasteiger partial charge is 0.478 e. The summed E-state index contributed by atoms with van der Waals surface area (Å²) in [6, 6.07) is 5.95. The number of rotatable bonds is 5. The Balaban J connectivity index is 2.66. The van der Waals surface area contributed by atoms with Crippen LogP contribution in [-0.4, -0.2) is 22.8 Å². The summed E-state index contributed by atoms with van der Waals surface area (Å²) in [4.78, 5) is 37.0. The first kappa shape index (κ1) is 12.7. The Morgan fingerprint density at radius 2 is 1.94 bits per heavy atom. The third-order valence-electron chi connectivity index (χ3n) is 1.83. The van der Waals surface area contributed by atoms with Crippen LogP contribution in [0.25, 0.3) is 0 Å². The van der Waals surface area contributed by atoms with Gasteiger partial charge in [0.05, 0.1) is 11.3 Å². The number of carbonyl (C=O) groups excluding carboxylic acids is 2. The molecule has 0 aliphatic carbocycles. The van der Waals surface area contributed by atoms with Crippen molar-refractivity contribution in [1.29, 1.82) is 0 Å². The van der Waals surface area contributed by atoms with Gasteiger partial charge in [0.25, 0.3) is 0 Å². The van der Waals surface area contributed by atoms with Crippen molar-refractivity contribution in [2.45, 2.75) is 13.3 Å². The van der Waals surface area contributed by atoms with E-state index in [0.29, 0.717) is 0 Å². The number of aromatic carboxylic acids is 1. The van der Waals surface area contributed by atoms with Crippen molar-refractivity contribution in [3.8, 4) is 0 Å². The monoisotopic (exact) mass is 237 g/mol. The van der Waals surface area contributed by atoms with Gasteiger partial charge >= 0.3 is 11.9 Å². The lowest BCUT2D eigenvalue weighted by Crippen LogP contribution is -2.15. The van der Waals surface area contributed by atoms with E-state index in [1.165, 1.54) is 19.1 Å². The van der Waals surface area contributed by atoms with Crippen LogP contribution in [0.1, 0.15) is 23.7 Å². The predicted octanol–water partition coefficient (Wildman–Crippen LogP) is 1.23. The third kappa shape index (κ3) is 3.94. The summed E-state index contributed by atoms with van der Waals surface area (Å²) in [5.41, 5.74) is 2.34. The Morgan fingerprint density at radius 3 is 2.53 bits per heavy atom. The summed E-state index contributed by atoms with van der Waals surface area (Å²) in [5.74, 6) is -2.24. The molecule has 0 amide bonds. The first-order valence-electron chi connectivity index (χ1n) is 4.78. The first-order chi connectivity index (χ1) is 8.00. The van der Waals surface area contributed by atoms with Gasteiger partial charge in [0.1, 0.15) is 12.2 Å². The average Bonchev–Trinajstić information content (AvgIpc) is 2.25. The highest BCUT2D eigenvalue weighted by molar-refractivity contribution is 5.96. The average molecular weight is 237 g/mol. The number of Topliss-reactive ketones (excluding diaryl/α,β-unsaturated/α-hetero) is 1. The van der Waals surface area contributed by atoms with Crippen LogP contribution in [0.3, 0.4) is 0 Å². The molecule has 17 heavy (non-hydrogen) atoms. The minimum Gasteiger partial charge on any atom is -0.478 e. The molecule has 1 rings (SSSR count). The van der Waals surface area contributed by atoms with Gasteiger partial charge in [0, 0.05) is 0 Å². The number of hydrogen-bond donors (Lipinski definition) is 2. The van der Waals surface area contributed by atoms with Crippen molar-refractivity contribution >= 4 is 23.4 Å². The van der Waals surface area contributed by atoms with E-state index in [2.05, 4.69) is 10.3 Å². The van der Waals surface area contributed by atoms with E-state index in [1.807, 2.05) is 0 Å². The highest BCUT2D eigenvalue weighted by atomic mass is 16.7. The van der Waals surface area contributed by atoms with E-state index >= 15 is 0 Å². The number of para-hydroxylation sites is 1. The van der Waals surface area contributed by atoms with E-state index in [0.717, 1.165) is 0 Å². The molecule has 1 aromatic carbocycles. The molecule has 0 spiro atoms. The molecule has 0 aliphatic heterocycles. The van der Waals surface area contributed by atoms with Gasteiger partial charge in [-0.3, -0.25) is 4.79 Å². The molecule has 0 unspecified atom stereocenters. The number of anilines is 1. The fraction of sp³-hybridized carbons (Fsp3) is 0.182. The molecule has 0 heterocycles. The van der Waals surface area contributed by atoms with Crippen LogP contribution >= 0.6 is 0 Å². The van der Waals surface area contributed by atoms with Crippen molar-refractivity contribution in [1.82, 2.24) is 0 Å². The number of carbonyl (C=O) groups is 3. The summed E-state index contributed by atoms with van der Waals surface area (Å²) in [6.07, 6.45) is -0.359. The van der Waals surface area contributed by atoms with E-state index in [4.69, 9.17) is 5.11 Å². The summed E-state index contributed by atoms with van der Waals surface area (Å²) in [5, 5.41) is 8.84. The Labute approximate surface area is 97.2 Å². The maximum absolute atomic E-state index is 11.1. The Morgan fingerprint density at radius 1 is 1.29 bits per heavy atom. The molecule has 6 nitrogen and oxygen atoms in total. The van der Waals surface area contributed by atoms with Crippen molar-refractivity contribution in [2.24, 2.45) is 0 Å². The van der Waals surface area contributed by atoms with Crippen LogP contribution in [0.2, 0.25) is 0 Å². The Kier molecular flexibility index (Phi) is 4.21. The zero-order chi connectivity index (χ0) is 12.8. The molecule has 0 radical (unpaired) electrons. The van der Waals surface area contributed by atoms with Crippen LogP contribution in [0.5, 0.6) is 0 Å². The lowest BCUT2D eigenvalue weighted by molar-refractivity contribution is -0.143. The zero-order valence-corrected chi connectivity index (χ0v) is 9.10. The summed E-state index contributed by atoms with van der Waals surface area (Å²) in [6.45, 7) is 1.26. The molecule has 0 saturated carbocycles. The van der Waals surface area contributed by atoms with Crippen LogP contribution in [0.15, 0.2) is 24.3 Å². The summed E-state index contributed by atoms with van der Waals surface area (Å²) < 4.78 is 0. The first-order valence-corrected chi connectivity index (χ1v) is 4.78. The van der Waals surface area contributed by atoms with Gasteiger partial charge in [0.2, 0.25) is 0 Å². The van der Waals surface area contributed by atoms with Crippen LogP contribution in [0, 0.1) is 0 Å². The molecule has 90 valence electrons. The van der Waals surface area contributed by atoms with Gasteiger partial charge in [-0.15, -0.1) is 0 Å². The molecule has 0 bridgehead atoms. The smallest absolute Gasteiger partial charge is 0.339 e. The molecule has 0 fully saturated rings. The number of hydrogen-bond acceptors (Lipinski definition) is 5. The van der Waals surface area contributed by atoms with Gasteiger partial charge in [-0.05, 0) is 19.1 Å². The van der Waals surface area contributed by atoms with Gasteiger partial charge in [0.15, 0.2) is 0 Å². The molecule has 6 heteroatoms. The van der Waals surface area contributed by atoms with E-state index in [9.17, 15) is 14.4 Å². The highest BCUT2D eigenvalue weighted by Gasteiger charge is 2.11. The Hall–Kier alpha value is -2.37. The van der Waals surface area contributed by atoms with Crippen LogP contribution in [-0.2, 0) is 14.4 Å². The number of ketones is 1. The lowest BCUT2D eigenvalue weighted by Gasteiger charge is -2.08. The number of carboxylic acid groups (broad SMARTS) is 1. The van der Waals surface area contributed by atoms with E-state index in [1.54, 1.807) is 12.1 Å². The maximum atomic E-state index is 11.1. The molecule has 0 saturated heterocycles. The maximum Gasteiger partial charge on any atom is 0.339 e. The third-order valence-corrected chi connectivity index (χ3v) is 1.83. The van der Waals surface area contributed by atoms with Crippen molar-refractivity contribution < 1.29 is 24.3 Å². The summed E-state index contributed by atoms with van der Waals surface area (Å²) >= 11 is 0. The van der Waals surface area contributed by atoms with Gasteiger partial charge < -0.3 is 9.94 Å². The minimum atomic E-state index is -1.14. The lowest BCUT2D eigenvalue weighted by atomic mass is 10.2. The molecule has 0 aromatic heterocycles. The second kappa shape index (κ2) is 5.64. The standard InChI is InChI=1S/C11H11NO5/c1-7(13)6-10(14)17-12-9-5-3-2-4-8(9)11(15)16/h2-5,12H,6H2,1H3,(H,15,16). The Bertz CT molecular complexity index is 455. The molecule has 2 N–H and O–H groups in total. The van der Waals surface area contributed by atoms with Gasteiger partial charge in [-0.2, -0.15) is 0 Å². The number of benzene rings is 1. The van der Waals surface area contributed by atoms with Crippen molar-refractivity contribution in [2.75, 3.05) is 5.48 Å². The SMILES string of the molecule is CC(=O)CC(=O)ONc1ccccc1C(=O)O. The van der Waals surface area contributed by atoms with Crippen LogP contribution in [0.4, 0.5) is 5.69 Å².